The summed E-state index contributed by atoms with van der Waals surface area (Å²) < 4.78 is 8.29. The topological polar surface area (TPSA) is 39.1 Å². The van der Waals surface area contributed by atoms with E-state index in [1.165, 1.54) is 11.3 Å². The summed E-state index contributed by atoms with van der Waals surface area (Å²) in [6.07, 6.45) is 0.910. The number of ether oxygens (including phenoxy) is 1. The molecule has 2 aromatic rings. The molecule has 5 heteroatoms. The highest BCUT2D eigenvalue weighted by Crippen LogP contribution is 2.23. The van der Waals surface area contributed by atoms with Gasteiger partial charge in [0.1, 0.15) is 0 Å². The van der Waals surface area contributed by atoms with Crippen LogP contribution in [0.3, 0.4) is 0 Å². The van der Waals surface area contributed by atoms with E-state index < -0.39 is 0 Å². The van der Waals surface area contributed by atoms with Gasteiger partial charge in [0.25, 0.3) is 0 Å². The van der Waals surface area contributed by atoms with Crippen molar-refractivity contribution in [2.24, 2.45) is 0 Å². The Balaban J connectivity index is 2.13. The Morgan fingerprint density at radius 3 is 2.81 bits per heavy atom. The average Bonchev–Trinajstić information content (AvgIpc) is 2.78. The summed E-state index contributed by atoms with van der Waals surface area (Å²) >= 11 is 3.63. The van der Waals surface area contributed by atoms with Crippen LogP contribution in [-0.4, -0.2) is 23.5 Å². The molecule has 0 spiro atoms. The molecule has 4 nitrogen and oxygen atoms in total. The summed E-state index contributed by atoms with van der Waals surface area (Å²) in [5.41, 5.74) is 4.63. The van der Waals surface area contributed by atoms with E-state index in [2.05, 4.69) is 57.5 Å². The first-order chi connectivity index (χ1) is 10.2. The smallest absolute Gasteiger partial charge is 0.0739 e. The minimum atomic E-state index is 0.731. The van der Waals surface area contributed by atoms with Gasteiger partial charge in [-0.25, -0.2) is 0 Å². The molecule has 114 valence electrons. The van der Waals surface area contributed by atoms with Gasteiger partial charge in [0, 0.05) is 19.3 Å². The van der Waals surface area contributed by atoms with Crippen LogP contribution < -0.4 is 5.32 Å². The van der Waals surface area contributed by atoms with Crippen molar-refractivity contribution in [1.82, 2.24) is 9.78 Å². The van der Waals surface area contributed by atoms with Crippen LogP contribution >= 0.6 is 15.9 Å². The molecule has 21 heavy (non-hydrogen) atoms. The molecule has 2 rings (SSSR count). The zero-order valence-electron chi connectivity index (χ0n) is 12.8. The van der Waals surface area contributed by atoms with Crippen LogP contribution in [0.2, 0.25) is 0 Å². The predicted octanol–water partition coefficient (Wildman–Crippen LogP) is 3.77. The molecule has 0 amide bonds. The average molecular weight is 352 g/mol. The molecule has 0 radical (unpaired) electrons. The lowest BCUT2D eigenvalue weighted by molar-refractivity contribution is 0.202. The maximum absolute atomic E-state index is 5.17. The Kier molecular flexibility index (Phi) is 5.82. The monoisotopic (exact) mass is 351 g/mol. The largest absolute Gasteiger partial charge is 0.384 e. The zero-order chi connectivity index (χ0) is 15.2. The molecule has 1 heterocycles. The number of anilines is 1. The summed E-state index contributed by atoms with van der Waals surface area (Å²) in [7, 11) is 1.73. The highest BCUT2D eigenvalue weighted by Gasteiger charge is 2.12. The van der Waals surface area contributed by atoms with Crippen LogP contribution in [0.25, 0.3) is 0 Å². The number of aryl methyl sites for hydroxylation is 2. The lowest BCUT2D eigenvalue weighted by Gasteiger charge is -2.13. The van der Waals surface area contributed by atoms with Crippen LogP contribution in [0.5, 0.6) is 0 Å². The second kappa shape index (κ2) is 7.61. The van der Waals surface area contributed by atoms with E-state index in [9.17, 15) is 0 Å². The molecule has 0 bridgehead atoms. The Hall–Kier alpha value is -1.33. The first-order valence-corrected chi connectivity index (χ1v) is 7.99. The molecule has 1 N–H and O–H groups in total. The zero-order valence-corrected chi connectivity index (χ0v) is 14.4. The number of halogens is 1. The van der Waals surface area contributed by atoms with Crippen LogP contribution in [0, 0.1) is 6.92 Å². The molecule has 1 aromatic carbocycles. The Morgan fingerprint density at radius 2 is 2.10 bits per heavy atom. The van der Waals surface area contributed by atoms with Gasteiger partial charge in [-0.3, -0.25) is 4.68 Å². The summed E-state index contributed by atoms with van der Waals surface area (Å²) in [6.45, 7) is 6.48. The predicted molar refractivity (Wildman–Crippen MR) is 89.7 cm³/mol. The number of benzene rings is 1. The molecule has 0 fully saturated rings. The van der Waals surface area contributed by atoms with Gasteiger partial charge >= 0.3 is 0 Å². The maximum atomic E-state index is 5.17. The van der Waals surface area contributed by atoms with Gasteiger partial charge in [0.15, 0.2) is 0 Å². The van der Waals surface area contributed by atoms with Crippen molar-refractivity contribution >= 4 is 21.6 Å². The minimum Gasteiger partial charge on any atom is -0.384 e. The lowest BCUT2D eigenvalue weighted by atomic mass is 10.1. The SMILES string of the molecule is CCn1nc(C)c(Br)c1CNc1ccccc1CCOC. The van der Waals surface area contributed by atoms with Crippen molar-refractivity contribution in [3.05, 3.63) is 45.7 Å². The molecule has 0 aliphatic rings. The molecule has 0 atom stereocenters. The molecule has 0 saturated carbocycles. The van der Waals surface area contributed by atoms with E-state index in [0.717, 1.165) is 42.0 Å². The fourth-order valence-electron chi connectivity index (χ4n) is 2.34. The van der Waals surface area contributed by atoms with Crippen LogP contribution in [-0.2, 0) is 24.2 Å². The number of hydrogen-bond acceptors (Lipinski definition) is 3. The fourth-order valence-corrected chi connectivity index (χ4v) is 2.76. The second-order valence-electron chi connectivity index (χ2n) is 4.92. The molecule has 1 aromatic heterocycles. The van der Waals surface area contributed by atoms with E-state index in [1.807, 2.05) is 11.6 Å². The Morgan fingerprint density at radius 1 is 1.33 bits per heavy atom. The third-order valence-corrected chi connectivity index (χ3v) is 4.52. The summed E-state index contributed by atoms with van der Waals surface area (Å²) in [6, 6.07) is 8.36. The van der Waals surface area contributed by atoms with E-state index in [1.54, 1.807) is 7.11 Å². The highest BCUT2D eigenvalue weighted by molar-refractivity contribution is 9.10. The number of nitrogens with one attached hydrogen (secondary N) is 1. The number of methoxy groups -OCH3 is 1. The molecule has 0 saturated heterocycles. The standard InChI is InChI=1S/C16H22BrN3O/c1-4-20-15(16(17)12(2)19-20)11-18-14-8-6-5-7-13(14)9-10-21-3/h5-8,18H,4,9-11H2,1-3H3. The van der Waals surface area contributed by atoms with Crippen molar-refractivity contribution in [2.45, 2.75) is 33.4 Å². The molecule has 0 unspecified atom stereocenters. The molecule has 0 aliphatic heterocycles. The Labute approximate surface area is 134 Å². The third kappa shape index (κ3) is 3.86. The third-order valence-electron chi connectivity index (χ3n) is 3.49. The van der Waals surface area contributed by atoms with Gasteiger partial charge in [0.05, 0.1) is 29.0 Å². The van der Waals surface area contributed by atoms with Crippen molar-refractivity contribution in [3.63, 3.8) is 0 Å². The number of rotatable bonds is 7. The van der Waals surface area contributed by atoms with Crippen LogP contribution in [0.15, 0.2) is 28.7 Å². The second-order valence-corrected chi connectivity index (χ2v) is 5.71. The summed E-state index contributed by atoms with van der Waals surface area (Å²) in [4.78, 5) is 0. The first-order valence-electron chi connectivity index (χ1n) is 7.19. The van der Waals surface area contributed by atoms with Crippen LogP contribution in [0.4, 0.5) is 5.69 Å². The first kappa shape index (κ1) is 16.0. The van der Waals surface area contributed by atoms with Gasteiger partial charge < -0.3 is 10.1 Å². The molecular formula is C16H22BrN3O. The summed E-state index contributed by atoms with van der Waals surface area (Å²) in [5.74, 6) is 0. The van der Waals surface area contributed by atoms with Gasteiger partial charge in [0.2, 0.25) is 0 Å². The van der Waals surface area contributed by atoms with E-state index >= 15 is 0 Å². The van der Waals surface area contributed by atoms with Gasteiger partial charge in [-0.1, -0.05) is 18.2 Å². The van der Waals surface area contributed by atoms with Crippen molar-refractivity contribution < 1.29 is 4.74 Å². The van der Waals surface area contributed by atoms with Crippen molar-refractivity contribution in [2.75, 3.05) is 19.0 Å². The van der Waals surface area contributed by atoms with Crippen molar-refractivity contribution in [1.29, 1.82) is 0 Å². The maximum Gasteiger partial charge on any atom is 0.0739 e. The van der Waals surface area contributed by atoms with E-state index in [-0.39, 0.29) is 0 Å². The quantitative estimate of drug-likeness (QED) is 0.824. The van der Waals surface area contributed by atoms with E-state index in [0.29, 0.717) is 0 Å². The van der Waals surface area contributed by atoms with Gasteiger partial charge in [-0.05, 0) is 47.8 Å². The Bertz CT molecular complexity index is 595. The number of hydrogen-bond donors (Lipinski definition) is 1. The van der Waals surface area contributed by atoms with Crippen LogP contribution in [0.1, 0.15) is 23.9 Å². The molecular weight excluding hydrogens is 330 g/mol. The number of para-hydroxylation sites is 1. The van der Waals surface area contributed by atoms with Gasteiger partial charge in [-0.15, -0.1) is 0 Å². The highest BCUT2D eigenvalue weighted by atomic mass is 79.9. The summed E-state index contributed by atoms with van der Waals surface area (Å²) in [5, 5.41) is 8.04. The number of nitrogens with zero attached hydrogens (tertiary/aromatic N) is 2. The van der Waals surface area contributed by atoms with E-state index in [4.69, 9.17) is 4.74 Å². The minimum absolute atomic E-state index is 0.731. The normalized spacial score (nSPS) is 10.9. The van der Waals surface area contributed by atoms with Crippen molar-refractivity contribution in [3.8, 4) is 0 Å². The number of aromatic nitrogens is 2. The molecule has 0 aliphatic carbocycles. The fraction of sp³-hybridized carbons (Fsp3) is 0.438. The lowest BCUT2D eigenvalue weighted by Crippen LogP contribution is -2.10. The van der Waals surface area contributed by atoms with Gasteiger partial charge in [-0.2, -0.15) is 5.10 Å².